The normalized spacial score (nSPS) is 26.4. The second-order valence-electron chi connectivity index (χ2n) is 6.28. The highest BCUT2D eigenvalue weighted by Crippen LogP contribution is 2.36. The molecule has 2 rings (SSSR count). The molecule has 3 nitrogen and oxygen atoms in total. The minimum absolute atomic E-state index is 0.0315. The van der Waals surface area contributed by atoms with E-state index in [4.69, 9.17) is 10.5 Å². The number of rotatable bonds is 3. The number of hydrogen-bond donors (Lipinski definition) is 1. The van der Waals surface area contributed by atoms with Crippen LogP contribution in [0, 0.1) is 19.8 Å². The monoisotopic (exact) mass is 275 g/mol. The minimum Gasteiger partial charge on any atom is -0.496 e. The standard InChI is InChI=1S/C17H25NO2/c1-11-6-5-9-17(18,10-11)16(19)14-8-7-12(2)13(3)15(14)20-4/h7-8,11H,5-6,9-10,18H2,1-4H3. The number of hydrogen-bond acceptors (Lipinski definition) is 3. The molecular weight excluding hydrogens is 250 g/mol. The molecule has 1 aromatic carbocycles. The second-order valence-corrected chi connectivity index (χ2v) is 6.28. The third-order valence-electron chi connectivity index (χ3n) is 4.61. The fourth-order valence-electron chi connectivity index (χ4n) is 3.30. The predicted octanol–water partition coefficient (Wildman–Crippen LogP) is 3.40. The van der Waals surface area contributed by atoms with Crippen LogP contribution in [0.25, 0.3) is 0 Å². The highest BCUT2D eigenvalue weighted by atomic mass is 16.5. The van der Waals surface area contributed by atoms with Crippen molar-refractivity contribution in [2.24, 2.45) is 11.7 Å². The molecule has 0 amide bonds. The van der Waals surface area contributed by atoms with Crippen molar-refractivity contribution >= 4 is 5.78 Å². The lowest BCUT2D eigenvalue weighted by Crippen LogP contribution is -2.51. The quantitative estimate of drug-likeness (QED) is 0.860. The molecule has 110 valence electrons. The number of carbonyl (C=O) groups excluding carboxylic acids is 1. The van der Waals surface area contributed by atoms with Crippen molar-refractivity contribution in [2.45, 2.75) is 52.0 Å². The van der Waals surface area contributed by atoms with Gasteiger partial charge >= 0.3 is 0 Å². The van der Waals surface area contributed by atoms with Gasteiger partial charge in [0.2, 0.25) is 0 Å². The largest absolute Gasteiger partial charge is 0.496 e. The van der Waals surface area contributed by atoms with Crippen molar-refractivity contribution in [1.29, 1.82) is 0 Å². The van der Waals surface area contributed by atoms with Gasteiger partial charge in [-0.25, -0.2) is 0 Å². The van der Waals surface area contributed by atoms with Crippen LogP contribution in [-0.4, -0.2) is 18.4 Å². The molecule has 0 saturated heterocycles. The summed E-state index contributed by atoms with van der Waals surface area (Å²) in [6.07, 6.45) is 3.72. The van der Waals surface area contributed by atoms with Crippen LogP contribution in [0.5, 0.6) is 5.75 Å². The molecule has 0 aromatic heterocycles. The van der Waals surface area contributed by atoms with Gasteiger partial charge in [-0.2, -0.15) is 0 Å². The highest BCUT2D eigenvalue weighted by Gasteiger charge is 2.39. The zero-order valence-corrected chi connectivity index (χ0v) is 13.0. The summed E-state index contributed by atoms with van der Waals surface area (Å²) in [5, 5.41) is 0. The number of ketones is 1. The van der Waals surface area contributed by atoms with Gasteiger partial charge in [0.05, 0.1) is 18.2 Å². The Morgan fingerprint density at radius 1 is 1.40 bits per heavy atom. The van der Waals surface area contributed by atoms with Crippen LogP contribution in [0.15, 0.2) is 12.1 Å². The van der Waals surface area contributed by atoms with Gasteiger partial charge in [-0.3, -0.25) is 4.79 Å². The first-order chi connectivity index (χ1) is 9.39. The molecule has 1 aliphatic carbocycles. The molecule has 3 heteroatoms. The predicted molar refractivity (Wildman–Crippen MR) is 81.3 cm³/mol. The van der Waals surface area contributed by atoms with Crippen molar-refractivity contribution in [3.63, 3.8) is 0 Å². The SMILES string of the molecule is COc1c(C(=O)C2(N)CCCC(C)C2)ccc(C)c1C. The Labute approximate surface area is 121 Å². The van der Waals surface area contributed by atoms with Crippen molar-refractivity contribution < 1.29 is 9.53 Å². The molecule has 1 fully saturated rings. The lowest BCUT2D eigenvalue weighted by atomic mass is 9.73. The Hall–Kier alpha value is -1.35. The van der Waals surface area contributed by atoms with Gasteiger partial charge in [-0.1, -0.05) is 25.8 Å². The van der Waals surface area contributed by atoms with E-state index >= 15 is 0 Å². The molecule has 0 bridgehead atoms. The third-order valence-corrected chi connectivity index (χ3v) is 4.61. The van der Waals surface area contributed by atoms with E-state index in [0.717, 1.165) is 36.8 Å². The van der Waals surface area contributed by atoms with E-state index in [1.165, 1.54) is 0 Å². The number of benzene rings is 1. The summed E-state index contributed by atoms with van der Waals surface area (Å²) < 4.78 is 5.46. The number of ether oxygens (including phenoxy) is 1. The molecule has 20 heavy (non-hydrogen) atoms. The Bertz CT molecular complexity index is 524. The number of Topliss-reactive ketones (excluding diaryl/α,β-unsaturated/α-hetero) is 1. The van der Waals surface area contributed by atoms with Crippen LogP contribution < -0.4 is 10.5 Å². The molecule has 2 atom stereocenters. The van der Waals surface area contributed by atoms with Gasteiger partial charge in [0.1, 0.15) is 5.75 Å². The van der Waals surface area contributed by atoms with Crippen molar-refractivity contribution in [3.05, 3.63) is 28.8 Å². The lowest BCUT2D eigenvalue weighted by molar-refractivity contribution is 0.0816. The molecular formula is C17H25NO2. The first-order valence-corrected chi connectivity index (χ1v) is 7.37. The molecule has 0 heterocycles. The maximum absolute atomic E-state index is 12.9. The van der Waals surface area contributed by atoms with Crippen molar-refractivity contribution in [3.8, 4) is 5.75 Å². The van der Waals surface area contributed by atoms with E-state index in [9.17, 15) is 4.79 Å². The molecule has 1 saturated carbocycles. The van der Waals surface area contributed by atoms with Gasteiger partial charge in [-0.05, 0) is 49.8 Å². The number of methoxy groups -OCH3 is 1. The lowest BCUT2D eigenvalue weighted by Gasteiger charge is -2.35. The Kier molecular flexibility index (Phi) is 4.19. The fraction of sp³-hybridized carbons (Fsp3) is 0.588. The number of carbonyl (C=O) groups is 1. The van der Waals surface area contributed by atoms with Gasteiger partial charge in [0.15, 0.2) is 5.78 Å². The summed E-state index contributed by atoms with van der Waals surface area (Å²) >= 11 is 0. The average Bonchev–Trinajstić information content (AvgIpc) is 2.40. The Balaban J connectivity index is 2.41. The van der Waals surface area contributed by atoms with Crippen LogP contribution in [0.1, 0.15) is 54.1 Å². The van der Waals surface area contributed by atoms with Crippen LogP contribution >= 0.6 is 0 Å². The van der Waals surface area contributed by atoms with Crippen LogP contribution in [0.4, 0.5) is 0 Å². The van der Waals surface area contributed by atoms with Crippen molar-refractivity contribution in [2.75, 3.05) is 7.11 Å². The molecule has 0 radical (unpaired) electrons. The fourth-order valence-corrected chi connectivity index (χ4v) is 3.30. The van der Waals surface area contributed by atoms with E-state index in [1.807, 2.05) is 26.0 Å². The topological polar surface area (TPSA) is 52.3 Å². The summed E-state index contributed by atoms with van der Waals surface area (Å²) in [6.45, 7) is 6.18. The smallest absolute Gasteiger partial charge is 0.186 e. The number of nitrogens with two attached hydrogens (primary N) is 1. The van der Waals surface area contributed by atoms with Gasteiger partial charge in [-0.15, -0.1) is 0 Å². The van der Waals surface area contributed by atoms with E-state index in [0.29, 0.717) is 17.2 Å². The minimum atomic E-state index is -0.730. The maximum atomic E-state index is 12.9. The summed E-state index contributed by atoms with van der Waals surface area (Å²) in [5.74, 6) is 1.22. The summed E-state index contributed by atoms with van der Waals surface area (Å²) in [6, 6.07) is 3.83. The summed E-state index contributed by atoms with van der Waals surface area (Å²) in [7, 11) is 1.62. The van der Waals surface area contributed by atoms with Crippen LogP contribution in [0.2, 0.25) is 0 Å². The van der Waals surface area contributed by atoms with Crippen LogP contribution in [0.3, 0.4) is 0 Å². The zero-order chi connectivity index (χ0) is 14.9. The van der Waals surface area contributed by atoms with Gasteiger partial charge in [0.25, 0.3) is 0 Å². The van der Waals surface area contributed by atoms with Gasteiger partial charge in [0, 0.05) is 0 Å². The molecule has 0 spiro atoms. The maximum Gasteiger partial charge on any atom is 0.186 e. The summed E-state index contributed by atoms with van der Waals surface area (Å²) in [4.78, 5) is 12.9. The second kappa shape index (κ2) is 5.57. The molecule has 1 aliphatic rings. The Morgan fingerprint density at radius 2 is 2.10 bits per heavy atom. The molecule has 2 N–H and O–H groups in total. The average molecular weight is 275 g/mol. The highest BCUT2D eigenvalue weighted by molar-refractivity contribution is 6.05. The molecule has 0 aliphatic heterocycles. The first kappa shape index (κ1) is 15.0. The Morgan fingerprint density at radius 3 is 2.70 bits per heavy atom. The van der Waals surface area contributed by atoms with Crippen LogP contribution in [-0.2, 0) is 0 Å². The summed E-state index contributed by atoms with van der Waals surface area (Å²) in [5.41, 5.74) is 8.48. The van der Waals surface area contributed by atoms with Gasteiger partial charge < -0.3 is 10.5 Å². The van der Waals surface area contributed by atoms with E-state index in [-0.39, 0.29) is 5.78 Å². The van der Waals surface area contributed by atoms with E-state index < -0.39 is 5.54 Å². The zero-order valence-electron chi connectivity index (χ0n) is 13.0. The third kappa shape index (κ3) is 2.59. The molecule has 2 unspecified atom stereocenters. The van der Waals surface area contributed by atoms with E-state index in [1.54, 1.807) is 7.11 Å². The van der Waals surface area contributed by atoms with E-state index in [2.05, 4.69) is 6.92 Å². The van der Waals surface area contributed by atoms with Crippen molar-refractivity contribution in [1.82, 2.24) is 0 Å². The molecule has 1 aromatic rings. The first-order valence-electron chi connectivity index (χ1n) is 7.37. The number of aryl methyl sites for hydroxylation is 1.